The van der Waals surface area contributed by atoms with Gasteiger partial charge in [0.15, 0.2) is 0 Å². The highest BCUT2D eigenvalue weighted by atomic mass is 32.2. The molecule has 0 aromatic rings. The van der Waals surface area contributed by atoms with Gasteiger partial charge in [0.05, 0.1) is 0 Å². The fourth-order valence-corrected chi connectivity index (χ4v) is 4.02. The van der Waals surface area contributed by atoms with Crippen LogP contribution in [0.2, 0.25) is 0 Å². The van der Waals surface area contributed by atoms with E-state index in [1.54, 1.807) is 0 Å². The zero-order valence-electron chi connectivity index (χ0n) is 11.3. The molecule has 2 nitrogen and oxygen atoms in total. The molecular formula is C14H28N2S. The average molecular weight is 256 g/mol. The molecule has 0 saturated carbocycles. The van der Waals surface area contributed by atoms with Crippen LogP contribution in [-0.2, 0) is 0 Å². The fraction of sp³-hybridized carbons (Fsp3) is 1.00. The van der Waals surface area contributed by atoms with Gasteiger partial charge in [-0.2, -0.15) is 11.8 Å². The third kappa shape index (κ3) is 5.19. The van der Waals surface area contributed by atoms with Gasteiger partial charge in [0.2, 0.25) is 0 Å². The molecular weight excluding hydrogens is 228 g/mol. The first-order chi connectivity index (χ1) is 8.34. The molecule has 0 amide bonds. The van der Waals surface area contributed by atoms with Crippen LogP contribution in [0.15, 0.2) is 0 Å². The topological polar surface area (TPSA) is 15.3 Å². The summed E-state index contributed by atoms with van der Waals surface area (Å²) in [7, 11) is 0. The molecule has 0 bridgehead atoms. The van der Waals surface area contributed by atoms with Gasteiger partial charge in [-0.25, -0.2) is 0 Å². The number of nitrogens with one attached hydrogen (secondary N) is 1. The molecule has 0 aliphatic carbocycles. The Morgan fingerprint density at radius 2 is 2.06 bits per heavy atom. The summed E-state index contributed by atoms with van der Waals surface area (Å²) in [6, 6.07) is 0.789. The maximum Gasteiger partial charge on any atom is 0.0158 e. The third-order valence-corrected chi connectivity index (χ3v) is 5.15. The van der Waals surface area contributed by atoms with Gasteiger partial charge in [0, 0.05) is 18.3 Å². The zero-order chi connectivity index (χ0) is 11.9. The van der Waals surface area contributed by atoms with E-state index in [4.69, 9.17) is 0 Å². The lowest BCUT2D eigenvalue weighted by molar-refractivity contribution is 0.197. The van der Waals surface area contributed by atoms with Gasteiger partial charge in [0.25, 0.3) is 0 Å². The monoisotopic (exact) mass is 256 g/mol. The smallest absolute Gasteiger partial charge is 0.0158 e. The second-order valence-corrected chi connectivity index (χ2v) is 6.94. The van der Waals surface area contributed by atoms with E-state index in [0.717, 1.165) is 12.0 Å². The number of thioether (sulfide) groups is 1. The van der Waals surface area contributed by atoms with Crippen molar-refractivity contribution in [3.8, 4) is 0 Å². The van der Waals surface area contributed by atoms with Crippen molar-refractivity contribution in [1.82, 2.24) is 10.2 Å². The Morgan fingerprint density at radius 3 is 2.76 bits per heavy atom. The summed E-state index contributed by atoms with van der Waals surface area (Å²) in [5.74, 6) is 3.51. The predicted octanol–water partition coefficient (Wildman–Crippen LogP) is 2.59. The van der Waals surface area contributed by atoms with Gasteiger partial charge < -0.3 is 10.2 Å². The minimum atomic E-state index is 0.789. The van der Waals surface area contributed by atoms with Crippen LogP contribution in [0.3, 0.4) is 0 Å². The van der Waals surface area contributed by atoms with Crippen LogP contribution in [0.4, 0.5) is 0 Å². The maximum absolute atomic E-state index is 3.76. The molecule has 2 atom stereocenters. The molecule has 2 rings (SSSR count). The molecule has 1 N–H and O–H groups in total. The average Bonchev–Trinajstić information content (AvgIpc) is 2.39. The van der Waals surface area contributed by atoms with Crippen molar-refractivity contribution in [2.75, 3.05) is 37.7 Å². The van der Waals surface area contributed by atoms with E-state index in [0.29, 0.717) is 0 Å². The molecule has 17 heavy (non-hydrogen) atoms. The SMILES string of the molecule is CC(CNC1CCCSC1)CN1CCCCC1. The predicted molar refractivity (Wildman–Crippen MR) is 77.8 cm³/mol. The van der Waals surface area contributed by atoms with Crippen molar-refractivity contribution in [1.29, 1.82) is 0 Å². The van der Waals surface area contributed by atoms with Crippen molar-refractivity contribution in [2.24, 2.45) is 5.92 Å². The van der Waals surface area contributed by atoms with E-state index in [9.17, 15) is 0 Å². The normalized spacial score (nSPS) is 29.1. The molecule has 3 heteroatoms. The van der Waals surface area contributed by atoms with Crippen LogP contribution in [0.1, 0.15) is 39.0 Å². The Bertz CT molecular complexity index is 198. The molecule has 0 radical (unpaired) electrons. The fourth-order valence-electron chi connectivity index (χ4n) is 2.92. The maximum atomic E-state index is 3.76. The first kappa shape index (κ1) is 13.7. The number of likely N-dealkylation sites (tertiary alicyclic amines) is 1. The first-order valence-electron chi connectivity index (χ1n) is 7.38. The van der Waals surface area contributed by atoms with Gasteiger partial charge in [-0.05, 0) is 57.0 Å². The van der Waals surface area contributed by atoms with E-state index >= 15 is 0 Å². The molecule has 2 aliphatic rings. The van der Waals surface area contributed by atoms with Crippen LogP contribution >= 0.6 is 11.8 Å². The van der Waals surface area contributed by atoms with Crippen molar-refractivity contribution in [2.45, 2.75) is 45.1 Å². The van der Waals surface area contributed by atoms with Crippen LogP contribution < -0.4 is 5.32 Å². The van der Waals surface area contributed by atoms with Gasteiger partial charge in [-0.3, -0.25) is 0 Å². The summed E-state index contributed by atoms with van der Waals surface area (Å²) in [6.45, 7) is 7.58. The molecule has 0 aromatic heterocycles. The van der Waals surface area contributed by atoms with Crippen LogP contribution in [0, 0.1) is 5.92 Å². The standard InChI is InChI=1S/C14H28N2S/c1-13(11-16-7-3-2-4-8-16)10-15-14-6-5-9-17-12-14/h13-15H,2-12H2,1H3. The lowest BCUT2D eigenvalue weighted by Gasteiger charge is -2.30. The summed E-state index contributed by atoms with van der Waals surface area (Å²) in [5.41, 5.74) is 0. The van der Waals surface area contributed by atoms with Gasteiger partial charge in [-0.15, -0.1) is 0 Å². The van der Waals surface area contributed by atoms with Crippen molar-refractivity contribution in [3.63, 3.8) is 0 Å². The lowest BCUT2D eigenvalue weighted by Crippen LogP contribution is -2.40. The first-order valence-corrected chi connectivity index (χ1v) is 8.53. The van der Waals surface area contributed by atoms with Crippen molar-refractivity contribution >= 4 is 11.8 Å². The summed E-state index contributed by atoms with van der Waals surface area (Å²) < 4.78 is 0. The minimum absolute atomic E-state index is 0.789. The molecule has 2 aliphatic heterocycles. The van der Waals surface area contributed by atoms with Crippen molar-refractivity contribution in [3.05, 3.63) is 0 Å². The van der Waals surface area contributed by atoms with Crippen LogP contribution in [0.25, 0.3) is 0 Å². The lowest BCUT2D eigenvalue weighted by atomic mass is 10.1. The molecule has 0 aromatic carbocycles. The second-order valence-electron chi connectivity index (χ2n) is 5.79. The highest BCUT2D eigenvalue weighted by Gasteiger charge is 2.16. The number of hydrogen-bond donors (Lipinski definition) is 1. The van der Waals surface area contributed by atoms with Crippen molar-refractivity contribution < 1.29 is 0 Å². The molecule has 100 valence electrons. The van der Waals surface area contributed by atoms with Gasteiger partial charge in [0.1, 0.15) is 0 Å². The van der Waals surface area contributed by atoms with E-state index in [2.05, 4.69) is 28.9 Å². The van der Waals surface area contributed by atoms with Gasteiger partial charge in [-0.1, -0.05) is 13.3 Å². The number of rotatable bonds is 5. The van der Waals surface area contributed by atoms with E-state index in [-0.39, 0.29) is 0 Å². The highest BCUT2D eigenvalue weighted by molar-refractivity contribution is 7.99. The second kappa shape index (κ2) is 7.65. The Balaban J connectivity index is 1.57. The summed E-state index contributed by atoms with van der Waals surface area (Å²) in [6.07, 6.45) is 7.08. The van der Waals surface area contributed by atoms with Gasteiger partial charge >= 0.3 is 0 Å². The van der Waals surface area contributed by atoms with Crippen LogP contribution in [-0.4, -0.2) is 48.6 Å². The van der Waals surface area contributed by atoms with E-state index in [1.807, 2.05) is 0 Å². The quantitative estimate of drug-likeness (QED) is 0.814. The number of hydrogen-bond acceptors (Lipinski definition) is 3. The molecule has 2 saturated heterocycles. The summed E-state index contributed by atoms with van der Waals surface area (Å²) in [5, 5.41) is 3.76. The summed E-state index contributed by atoms with van der Waals surface area (Å²) in [4.78, 5) is 2.66. The Labute approximate surface area is 111 Å². The Morgan fingerprint density at radius 1 is 1.24 bits per heavy atom. The van der Waals surface area contributed by atoms with Crippen LogP contribution in [0.5, 0.6) is 0 Å². The largest absolute Gasteiger partial charge is 0.313 e. The summed E-state index contributed by atoms with van der Waals surface area (Å²) >= 11 is 2.12. The number of piperidine rings is 1. The minimum Gasteiger partial charge on any atom is -0.313 e. The zero-order valence-corrected chi connectivity index (χ0v) is 12.1. The molecule has 2 fully saturated rings. The number of nitrogens with zero attached hydrogens (tertiary/aromatic N) is 1. The molecule has 2 heterocycles. The Hall–Kier alpha value is 0.270. The molecule has 0 spiro atoms. The van der Waals surface area contributed by atoms with E-state index in [1.165, 1.54) is 69.8 Å². The third-order valence-electron chi connectivity index (χ3n) is 3.93. The van der Waals surface area contributed by atoms with E-state index < -0.39 is 0 Å². The Kier molecular flexibility index (Phi) is 6.16. The highest BCUT2D eigenvalue weighted by Crippen LogP contribution is 2.17. The molecule has 2 unspecified atom stereocenters.